The number of amides is 1. The largest absolute Gasteiger partial charge is 0.347 e. The van der Waals surface area contributed by atoms with E-state index in [1.54, 1.807) is 12.4 Å². The lowest BCUT2D eigenvalue weighted by Crippen LogP contribution is -2.37. The van der Waals surface area contributed by atoms with Gasteiger partial charge in [0.05, 0.1) is 6.04 Å². The van der Waals surface area contributed by atoms with Gasteiger partial charge in [0, 0.05) is 24.9 Å². The van der Waals surface area contributed by atoms with E-state index in [0.29, 0.717) is 6.54 Å². The molecule has 4 N–H and O–H groups in total. The van der Waals surface area contributed by atoms with E-state index in [2.05, 4.69) is 15.3 Å². The Kier molecular flexibility index (Phi) is 4.98. The molecule has 90 valence electrons. The molecule has 16 heavy (non-hydrogen) atoms. The van der Waals surface area contributed by atoms with Gasteiger partial charge in [0.1, 0.15) is 5.82 Å². The van der Waals surface area contributed by atoms with Gasteiger partial charge in [-0.15, -0.1) is 0 Å². The predicted molar refractivity (Wildman–Crippen MR) is 62.6 cm³/mol. The number of aromatic amines is 1. The van der Waals surface area contributed by atoms with Crippen LogP contribution in [-0.4, -0.2) is 22.4 Å². The molecule has 0 aliphatic heterocycles. The number of carbonyl (C=O) groups excluding carboxylic acids is 1. The number of aromatic nitrogens is 2. The molecule has 0 saturated carbocycles. The van der Waals surface area contributed by atoms with Crippen molar-refractivity contribution in [1.82, 2.24) is 15.3 Å². The molecule has 5 heteroatoms. The number of nitrogens with two attached hydrogens (primary N) is 1. The molecule has 2 atom stereocenters. The summed E-state index contributed by atoms with van der Waals surface area (Å²) in [5, 5.41) is 2.96. The number of imidazole rings is 1. The second-order valence-electron chi connectivity index (χ2n) is 3.78. The zero-order chi connectivity index (χ0) is 12.0. The minimum atomic E-state index is -0.107. The second-order valence-corrected chi connectivity index (χ2v) is 3.78. The molecular weight excluding hydrogens is 204 g/mol. The summed E-state index contributed by atoms with van der Waals surface area (Å²) in [7, 11) is 0. The SMILES string of the molecule is CCC(CN)C(=O)NC(CC)c1ncc[nH]1. The van der Waals surface area contributed by atoms with Crippen molar-refractivity contribution in [2.24, 2.45) is 11.7 Å². The van der Waals surface area contributed by atoms with E-state index in [9.17, 15) is 4.79 Å². The summed E-state index contributed by atoms with van der Waals surface area (Å²) in [5.41, 5.74) is 5.54. The number of hydrogen-bond donors (Lipinski definition) is 3. The molecule has 0 aliphatic carbocycles. The summed E-state index contributed by atoms with van der Waals surface area (Å²) in [6.07, 6.45) is 5.01. The molecular formula is C11H20N4O. The van der Waals surface area contributed by atoms with Crippen LogP contribution in [0.15, 0.2) is 12.4 Å². The fourth-order valence-electron chi connectivity index (χ4n) is 1.58. The Balaban J connectivity index is 2.60. The summed E-state index contributed by atoms with van der Waals surface area (Å²) < 4.78 is 0. The van der Waals surface area contributed by atoms with Crippen molar-refractivity contribution < 1.29 is 4.79 Å². The summed E-state index contributed by atoms with van der Waals surface area (Å²) >= 11 is 0. The van der Waals surface area contributed by atoms with E-state index in [4.69, 9.17) is 5.73 Å². The first-order valence-electron chi connectivity index (χ1n) is 5.72. The summed E-state index contributed by atoms with van der Waals surface area (Å²) in [6.45, 7) is 4.36. The van der Waals surface area contributed by atoms with Crippen molar-refractivity contribution in [1.29, 1.82) is 0 Å². The Morgan fingerprint density at radius 2 is 2.31 bits per heavy atom. The van der Waals surface area contributed by atoms with Gasteiger partial charge in [-0.05, 0) is 12.8 Å². The highest BCUT2D eigenvalue weighted by molar-refractivity contribution is 5.79. The Hall–Kier alpha value is -1.36. The van der Waals surface area contributed by atoms with Crippen LogP contribution in [0.5, 0.6) is 0 Å². The van der Waals surface area contributed by atoms with Gasteiger partial charge in [-0.25, -0.2) is 4.98 Å². The average molecular weight is 224 g/mol. The maximum Gasteiger partial charge on any atom is 0.224 e. The van der Waals surface area contributed by atoms with Crippen LogP contribution in [0.1, 0.15) is 38.6 Å². The van der Waals surface area contributed by atoms with Gasteiger partial charge in [0.25, 0.3) is 0 Å². The van der Waals surface area contributed by atoms with Gasteiger partial charge in [-0.3, -0.25) is 4.79 Å². The molecule has 0 spiro atoms. The number of H-pyrrole nitrogens is 1. The molecule has 2 unspecified atom stereocenters. The maximum atomic E-state index is 11.8. The lowest BCUT2D eigenvalue weighted by atomic mass is 10.1. The lowest BCUT2D eigenvalue weighted by Gasteiger charge is -2.18. The summed E-state index contributed by atoms with van der Waals surface area (Å²) in [5.74, 6) is 0.694. The van der Waals surface area contributed by atoms with Gasteiger partial charge >= 0.3 is 0 Å². The number of nitrogens with zero attached hydrogens (tertiary/aromatic N) is 1. The minimum Gasteiger partial charge on any atom is -0.347 e. The van der Waals surface area contributed by atoms with Crippen molar-refractivity contribution >= 4 is 5.91 Å². The number of rotatable bonds is 6. The lowest BCUT2D eigenvalue weighted by molar-refractivity contribution is -0.125. The molecule has 0 saturated heterocycles. The number of nitrogens with one attached hydrogen (secondary N) is 2. The van der Waals surface area contributed by atoms with E-state index >= 15 is 0 Å². The van der Waals surface area contributed by atoms with Crippen LogP contribution in [0.4, 0.5) is 0 Å². The molecule has 0 bridgehead atoms. The van der Waals surface area contributed by atoms with Crippen LogP contribution in [0.25, 0.3) is 0 Å². The molecule has 1 heterocycles. The van der Waals surface area contributed by atoms with Crippen molar-refractivity contribution in [2.45, 2.75) is 32.7 Å². The van der Waals surface area contributed by atoms with Crippen LogP contribution >= 0.6 is 0 Å². The highest BCUT2D eigenvalue weighted by Gasteiger charge is 2.19. The van der Waals surface area contributed by atoms with Crippen LogP contribution in [0.2, 0.25) is 0 Å². The zero-order valence-electron chi connectivity index (χ0n) is 9.86. The second kappa shape index (κ2) is 6.27. The smallest absolute Gasteiger partial charge is 0.224 e. The Morgan fingerprint density at radius 1 is 1.56 bits per heavy atom. The van der Waals surface area contributed by atoms with Crippen molar-refractivity contribution in [3.63, 3.8) is 0 Å². The minimum absolute atomic E-state index is 0.00764. The molecule has 0 aliphatic rings. The topological polar surface area (TPSA) is 83.8 Å². The van der Waals surface area contributed by atoms with Crippen LogP contribution in [0, 0.1) is 5.92 Å². The molecule has 0 aromatic carbocycles. The van der Waals surface area contributed by atoms with Crippen LogP contribution in [0.3, 0.4) is 0 Å². The summed E-state index contributed by atoms with van der Waals surface area (Å²) in [6, 6.07) is -0.0527. The highest BCUT2D eigenvalue weighted by Crippen LogP contribution is 2.12. The fourth-order valence-corrected chi connectivity index (χ4v) is 1.58. The third kappa shape index (κ3) is 3.06. The molecule has 5 nitrogen and oxygen atoms in total. The molecule has 1 amide bonds. The van der Waals surface area contributed by atoms with E-state index in [-0.39, 0.29) is 17.9 Å². The van der Waals surface area contributed by atoms with Crippen molar-refractivity contribution in [2.75, 3.05) is 6.54 Å². The standard InChI is InChI=1S/C11H20N4O/c1-3-8(7-12)11(16)15-9(4-2)10-13-5-6-14-10/h5-6,8-9H,3-4,7,12H2,1-2H3,(H,13,14)(H,15,16). The van der Waals surface area contributed by atoms with Crippen LogP contribution in [-0.2, 0) is 4.79 Å². The molecule has 0 radical (unpaired) electrons. The first-order chi connectivity index (χ1) is 7.72. The molecule has 1 aromatic heterocycles. The van der Waals surface area contributed by atoms with Gasteiger partial charge in [-0.1, -0.05) is 13.8 Å². The fraction of sp³-hybridized carbons (Fsp3) is 0.636. The number of carbonyl (C=O) groups is 1. The Morgan fingerprint density at radius 3 is 2.75 bits per heavy atom. The zero-order valence-corrected chi connectivity index (χ0v) is 9.86. The average Bonchev–Trinajstić information content (AvgIpc) is 2.81. The molecule has 0 fully saturated rings. The Bertz CT molecular complexity index is 306. The van der Waals surface area contributed by atoms with Crippen molar-refractivity contribution in [3.05, 3.63) is 18.2 Å². The van der Waals surface area contributed by atoms with Gasteiger partial charge in [0.2, 0.25) is 5.91 Å². The maximum absolute atomic E-state index is 11.8. The number of hydrogen-bond acceptors (Lipinski definition) is 3. The predicted octanol–water partition coefficient (Wildman–Crippen LogP) is 0.962. The molecule has 1 aromatic rings. The van der Waals surface area contributed by atoms with Crippen LogP contribution < -0.4 is 11.1 Å². The third-order valence-corrected chi connectivity index (χ3v) is 2.72. The Labute approximate surface area is 95.8 Å². The summed E-state index contributed by atoms with van der Waals surface area (Å²) in [4.78, 5) is 19.0. The monoisotopic (exact) mass is 224 g/mol. The van der Waals surface area contributed by atoms with Crippen molar-refractivity contribution in [3.8, 4) is 0 Å². The van der Waals surface area contributed by atoms with E-state index < -0.39 is 0 Å². The van der Waals surface area contributed by atoms with Gasteiger partial charge < -0.3 is 16.0 Å². The van der Waals surface area contributed by atoms with E-state index in [0.717, 1.165) is 18.7 Å². The highest BCUT2D eigenvalue weighted by atomic mass is 16.2. The third-order valence-electron chi connectivity index (χ3n) is 2.72. The van der Waals surface area contributed by atoms with Gasteiger partial charge in [0.15, 0.2) is 0 Å². The normalized spacial score (nSPS) is 14.4. The first kappa shape index (κ1) is 12.7. The van der Waals surface area contributed by atoms with E-state index in [1.807, 2.05) is 13.8 Å². The van der Waals surface area contributed by atoms with E-state index in [1.165, 1.54) is 0 Å². The molecule has 1 rings (SSSR count). The first-order valence-corrected chi connectivity index (χ1v) is 5.72. The quantitative estimate of drug-likeness (QED) is 0.673. The van der Waals surface area contributed by atoms with Gasteiger partial charge in [-0.2, -0.15) is 0 Å².